The standard InChI is InChI=1S/C22H46O2/c1-3-4-5-6-7-8-9-10-11-12-13-14-15-16-17-18-19-24-21-22(2)20-23/h22-23H,3-21H2,1-2H3. The monoisotopic (exact) mass is 342 g/mol. The Bertz CT molecular complexity index is 218. The fraction of sp³-hybridized carbons (Fsp3) is 1.00. The normalized spacial score (nSPS) is 12.6. The van der Waals surface area contributed by atoms with Crippen molar-refractivity contribution in [3.05, 3.63) is 0 Å². The summed E-state index contributed by atoms with van der Waals surface area (Å²) in [5, 5.41) is 8.90. The van der Waals surface area contributed by atoms with E-state index in [1.165, 1.54) is 103 Å². The maximum atomic E-state index is 8.90. The van der Waals surface area contributed by atoms with Crippen LogP contribution in [0, 0.1) is 5.92 Å². The first-order chi connectivity index (χ1) is 11.8. The average Bonchev–Trinajstić information content (AvgIpc) is 2.60. The second-order valence-electron chi connectivity index (χ2n) is 7.67. The van der Waals surface area contributed by atoms with E-state index in [0.29, 0.717) is 6.61 Å². The molecule has 0 aliphatic heterocycles. The van der Waals surface area contributed by atoms with Crippen LogP contribution in [0.25, 0.3) is 0 Å². The molecule has 0 radical (unpaired) electrons. The Morgan fingerprint density at radius 3 is 1.38 bits per heavy atom. The molecule has 0 saturated heterocycles. The molecule has 24 heavy (non-hydrogen) atoms. The van der Waals surface area contributed by atoms with Crippen LogP contribution >= 0.6 is 0 Å². The summed E-state index contributed by atoms with van der Waals surface area (Å²) in [5.41, 5.74) is 0. The number of rotatable bonds is 20. The van der Waals surface area contributed by atoms with Crippen molar-refractivity contribution < 1.29 is 9.84 Å². The zero-order valence-electron chi connectivity index (χ0n) is 16.9. The van der Waals surface area contributed by atoms with Crippen molar-refractivity contribution in [1.82, 2.24) is 0 Å². The minimum atomic E-state index is 0.235. The second-order valence-corrected chi connectivity index (χ2v) is 7.67. The summed E-state index contributed by atoms with van der Waals surface area (Å²) in [6, 6.07) is 0. The lowest BCUT2D eigenvalue weighted by Crippen LogP contribution is -2.10. The highest BCUT2D eigenvalue weighted by Crippen LogP contribution is 2.13. The maximum absolute atomic E-state index is 8.90. The summed E-state index contributed by atoms with van der Waals surface area (Å²) >= 11 is 0. The van der Waals surface area contributed by atoms with Gasteiger partial charge in [-0.1, -0.05) is 110 Å². The van der Waals surface area contributed by atoms with Gasteiger partial charge in [0.2, 0.25) is 0 Å². The molecule has 0 spiro atoms. The number of aliphatic hydroxyl groups excluding tert-OH is 1. The molecular weight excluding hydrogens is 296 g/mol. The van der Waals surface area contributed by atoms with Crippen LogP contribution < -0.4 is 0 Å². The molecule has 0 aromatic rings. The van der Waals surface area contributed by atoms with Gasteiger partial charge in [-0.25, -0.2) is 0 Å². The van der Waals surface area contributed by atoms with Crippen LogP contribution in [-0.2, 0) is 4.74 Å². The van der Waals surface area contributed by atoms with Gasteiger partial charge >= 0.3 is 0 Å². The molecule has 1 atom stereocenters. The third-order valence-corrected chi connectivity index (χ3v) is 4.86. The summed E-state index contributed by atoms with van der Waals surface area (Å²) < 4.78 is 5.55. The molecule has 0 aliphatic rings. The summed E-state index contributed by atoms with van der Waals surface area (Å²) in [5.74, 6) is 0.283. The predicted molar refractivity (Wildman–Crippen MR) is 107 cm³/mol. The van der Waals surface area contributed by atoms with Crippen LogP contribution in [0.1, 0.15) is 117 Å². The van der Waals surface area contributed by atoms with Crippen LogP contribution in [0.2, 0.25) is 0 Å². The molecule has 2 nitrogen and oxygen atoms in total. The lowest BCUT2D eigenvalue weighted by Gasteiger charge is -2.08. The molecule has 0 bridgehead atoms. The maximum Gasteiger partial charge on any atom is 0.0513 e. The van der Waals surface area contributed by atoms with Crippen LogP contribution in [0.15, 0.2) is 0 Å². The van der Waals surface area contributed by atoms with Crippen molar-refractivity contribution in [1.29, 1.82) is 0 Å². The van der Waals surface area contributed by atoms with Crippen LogP contribution in [0.3, 0.4) is 0 Å². The van der Waals surface area contributed by atoms with E-state index < -0.39 is 0 Å². The molecule has 146 valence electrons. The van der Waals surface area contributed by atoms with E-state index in [9.17, 15) is 0 Å². The zero-order valence-corrected chi connectivity index (χ0v) is 16.9. The van der Waals surface area contributed by atoms with E-state index in [1.54, 1.807) is 0 Å². The van der Waals surface area contributed by atoms with Crippen LogP contribution in [0.4, 0.5) is 0 Å². The number of unbranched alkanes of at least 4 members (excludes halogenated alkanes) is 15. The van der Waals surface area contributed by atoms with Crippen molar-refractivity contribution >= 4 is 0 Å². The molecule has 0 rings (SSSR count). The Kier molecular flexibility index (Phi) is 20.9. The van der Waals surface area contributed by atoms with E-state index in [1.807, 2.05) is 6.92 Å². The largest absolute Gasteiger partial charge is 0.396 e. The molecular formula is C22H46O2. The first kappa shape index (κ1) is 23.9. The Morgan fingerprint density at radius 1 is 0.625 bits per heavy atom. The first-order valence-electron chi connectivity index (χ1n) is 11.0. The number of aliphatic hydroxyl groups is 1. The van der Waals surface area contributed by atoms with E-state index >= 15 is 0 Å². The highest BCUT2D eigenvalue weighted by molar-refractivity contribution is 4.50. The lowest BCUT2D eigenvalue weighted by molar-refractivity contribution is 0.0775. The van der Waals surface area contributed by atoms with Crippen LogP contribution in [0.5, 0.6) is 0 Å². The molecule has 0 heterocycles. The number of hydrogen-bond donors (Lipinski definition) is 1. The second kappa shape index (κ2) is 21.0. The highest BCUT2D eigenvalue weighted by Gasteiger charge is 1.99. The van der Waals surface area contributed by atoms with Crippen molar-refractivity contribution in [2.75, 3.05) is 19.8 Å². The van der Waals surface area contributed by atoms with Crippen molar-refractivity contribution in [2.24, 2.45) is 5.92 Å². The van der Waals surface area contributed by atoms with E-state index in [4.69, 9.17) is 9.84 Å². The number of ether oxygens (including phenoxy) is 1. The van der Waals surface area contributed by atoms with Gasteiger partial charge in [-0.2, -0.15) is 0 Å². The Hall–Kier alpha value is -0.0800. The molecule has 1 unspecified atom stereocenters. The predicted octanol–water partition coefficient (Wildman–Crippen LogP) is 6.89. The summed E-state index contributed by atoms with van der Waals surface area (Å²) in [6.45, 7) is 6.11. The first-order valence-corrected chi connectivity index (χ1v) is 11.0. The van der Waals surface area contributed by atoms with E-state index in [0.717, 1.165) is 6.61 Å². The molecule has 0 fully saturated rings. The van der Waals surface area contributed by atoms with Gasteiger partial charge in [0.25, 0.3) is 0 Å². The Morgan fingerprint density at radius 2 is 1.00 bits per heavy atom. The SMILES string of the molecule is CCCCCCCCCCCCCCCCCCOCC(C)CO. The highest BCUT2D eigenvalue weighted by atomic mass is 16.5. The Labute approximate surface area is 152 Å². The van der Waals surface area contributed by atoms with Crippen molar-refractivity contribution in [3.63, 3.8) is 0 Å². The van der Waals surface area contributed by atoms with Crippen molar-refractivity contribution in [3.8, 4) is 0 Å². The smallest absolute Gasteiger partial charge is 0.0513 e. The van der Waals surface area contributed by atoms with Gasteiger partial charge in [-0.05, 0) is 6.42 Å². The van der Waals surface area contributed by atoms with E-state index in [2.05, 4.69) is 6.92 Å². The minimum absolute atomic E-state index is 0.235. The van der Waals surface area contributed by atoms with Gasteiger partial charge in [0.1, 0.15) is 0 Å². The average molecular weight is 343 g/mol. The topological polar surface area (TPSA) is 29.5 Å². The molecule has 0 amide bonds. The van der Waals surface area contributed by atoms with Crippen molar-refractivity contribution in [2.45, 2.75) is 117 Å². The molecule has 0 saturated carbocycles. The molecule has 0 aliphatic carbocycles. The Balaban J connectivity index is 2.98. The van der Waals surface area contributed by atoms with Gasteiger partial charge in [-0.3, -0.25) is 0 Å². The number of hydrogen-bond acceptors (Lipinski definition) is 2. The van der Waals surface area contributed by atoms with Crippen LogP contribution in [-0.4, -0.2) is 24.9 Å². The van der Waals surface area contributed by atoms with Gasteiger partial charge in [0.15, 0.2) is 0 Å². The fourth-order valence-corrected chi connectivity index (χ4v) is 3.09. The van der Waals surface area contributed by atoms with Gasteiger partial charge in [0, 0.05) is 19.1 Å². The third-order valence-electron chi connectivity index (χ3n) is 4.86. The third kappa shape index (κ3) is 20.0. The van der Waals surface area contributed by atoms with Gasteiger partial charge in [-0.15, -0.1) is 0 Å². The molecule has 2 heteroatoms. The van der Waals surface area contributed by atoms with Gasteiger partial charge in [0.05, 0.1) is 6.61 Å². The molecule has 0 aromatic heterocycles. The summed E-state index contributed by atoms with van der Waals surface area (Å²) in [6.07, 6.45) is 22.5. The zero-order chi connectivity index (χ0) is 17.7. The van der Waals surface area contributed by atoms with Gasteiger partial charge < -0.3 is 9.84 Å². The minimum Gasteiger partial charge on any atom is -0.396 e. The fourth-order valence-electron chi connectivity index (χ4n) is 3.09. The quantitative estimate of drug-likeness (QED) is 0.244. The lowest BCUT2D eigenvalue weighted by atomic mass is 10.0. The molecule has 0 aromatic carbocycles. The summed E-state index contributed by atoms with van der Waals surface area (Å²) in [7, 11) is 0. The molecule has 1 N–H and O–H groups in total. The van der Waals surface area contributed by atoms with E-state index in [-0.39, 0.29) is 12.5 Å². The summed E-state index contributed by atoms with van der Waals surface area (Å²) in [4.78, 5) is 0.